The molecule has 0 saturated carbocycles. The Kier molecular flexibility index (Phi) is 9.45. The minimum atomic E-state index is -3.22. The summed E-state index contributed by atoms with van der Waals surface area (Å²) >= 11 is 0. The van der Waals surface area contributed by atoms with Gasteiger partial charge in [-0.1, -0.05) is 44.2 Å². The summed E-state index contributed by atoms with van der Waals surface area (Å²) in [7, 11) is -1.56. The molecule has 0 bridgehead atoms. The van der Waals surface area contributed by atoms with E-state index in [1.807, 2.05) is 12.1 Å². The van der Waals surface area contributed by atoms with Gasteiger partial charge < -0.3 is 10.6 Å². The van der Waals surface area contributed by atoms with Crippen LogP contribution in [0.5, 0.6) is 0 Å². The number of rotatable bonds is 10. The third-order valence-electron chi connectivity index (χ3n) is 5.11. The van der Waals surface area contributed by atoms with Gasteiger partial charge in [0.1, 0.15) is 5.82 Å². The molecule has 0 spiro atoms. The van der Waals surface area contributed by atoms with Crippen molar-refractivity contribution in [1.82, 2.24) is 15.5 Å². The molecular formula is C23H33FN4O2S. The molecule has 0 unspecified atom stereocenters. The van der Waals surface area contributed by atoms with Crippen molar-refractivity contribution in [1.29, 1.82) is 0 Å². The van der Waals surface area contributed by atoms with Crippen LogP contribution in [0.3, 0.4) is 0 Å². The van der Waals surface area contributed by atoms with Crippen LogP contribution in [-0.4, -0.2) is 45.7 Å². The van der Waals surface area contributed by atoms with Gasteiger partial charge in [-0.2, -0.15) is 0 Å². The van der Waals surface area contributed by atoms with Crippen LogP contribution >= 0.6 is 0 Å². The fourth-order valence-corrected chi connectivity index (χ4v) is 4.18. The lowest BCUT2D eigenvalue weighted by Crippen LogP contribution is -2.37. The van der Waals surface area contributed by atoms with Gasteiger partial charge in [0.15, 0.2) is 15.8 Å². The molecule has 0 radical (unpaired) electrons. The van der Waals surface area contributed by atoms with Crippen LogP contribution in [0.2, 0.25) is 0 Å². The van der Waals surface area contributed by atoms with Gasteiger partial charge >= 0.3 is 0 Å². The van der Waals surface area contributed by atoms with Gasteiger partial charge in [0.2, 0.25) is 0 Å². The van der Waals surface area contributed by atoms with Crippen LogP contribution < -0.4 is 10.6 Å². The Balaban J connectivity index is 2.05. The Hall–Kier alpha value is -2.45. The number of benzene rings is 2. The molecule has 31 heavy (non-hydrogen) atoms. The molecule has 6 nitrogen and oxygen atoms in total. The first-order valence-corrected chi connectivity index (χ1v) is 12.5. The molecule has 170 valence electrons. The van der Waals surface area contributed by atoms with E-state index >= 15 is 0 Å². The molecule has 2 rings (SSSR count). The standard InChI is InChI=1S/C23H33FN4O2S/c1-5-28(6-2)16-19-10-8-7-9-18(19)14-26-23(25-3)27-15-21-13-22(24)12-11-20(21)17-31(4,29)30/h7-13H,5-6,14-17H2,1-4H3,(H2,25,26,27). The predicted molar refractivity (Wildman–Crippen MR) is 125 cm³/mol. The third kappa shape index (κ3) is 8.30. The Morgan fingerprint density at radius 3 is 2.16 bits per heavy atom. The van der Waals surface area contributed by atoms with Crippen molar-refractivity contribution in [2.24, 2.45) is 4.99 Å². The highest BCUT2D eigenvalue weighted by molar-refractivity contribution is 7.89. The number of hydrogen-bond donors (Lipinski definition) is 2. The molecule has 2 N–H and O–H groups in total. The SMILES string of the molecule is CCN(CC)Cc1ccccc1CNC(=NC)NCc1cc(F)ccc1CS(C)(=O)=O. The van der Waals surface area contributed by atoms with Gasteiger partial charge in [-0.05, 0) is 47.5 Å². The molecule has 0 saturated heterocycles. The highest BCUT2D eigenvalue weighted by Gasteiger charge is 2.12. The largest absolute Gasteiger partial charge is 0.352 e. The van der Waals surface area contributed by atoms with Crippen LogP contribution in [0.4, 0.5) is 4.39 Å². The number of nitrogens with one attached hydrogen (secondary N) is 2. The second-order valence-electron chi connectivity index (χ2n) is 7.49. The lowest BCUT2D eigenvalue weighted by atomic mass is 10.1. The molecule has 0 aliphatic heterocycles. The van der Waals surface area contributed by atoms with E-state index in [1.54, 1.807) is 7.05 Å². The predicted octanol–water partition coefficient (Wildman–Crippen LogP) is 3.08. The monoisotopic (exact) mass is 448 g/mol. The zero-order valence-corrected chi connectivity index (χ0v) is 19.6. The molecule has 0 heterocycles. The first-order chi connectivity index (χ1) is 14.8. The van der Waals surface area contributed by atoms with Crippen molar-refractivity contribution in [2.75, 3.05) is 26.4 Å². The number of hydrogen-bond acceptors (Lipinski definition) is 4. The summed E-state index contributed by atoms with van der Waals surface area (Å²) in [6.07, 6.45) is 1.17. The molecule has 8 heteroatoms. The van der Waals surface area contributed by atoms with Crippen molar-refractivity contribution in [3.8, 4) is 0 Å². The quantitative estimate of drug-likeness (QED) is 0.432. The maximum Gasteiger partial charge on any atom is 0.191 e. The molecule has 0 amide bonds. The maximum absolute atomic E-state index is 13.7. The van der Waals surface area contributed by atoms with Crippen molar-refractivity contribution < 1.29 is 12.8 Å². The Morgan fingerprint density at radius 1 is 0.968 bits per heavy atom. The normalized spacial score (nSPS) is 12.3. The average molecular weight is 449 g/mol. The summed E-state index contributed by atoms with van der Waals surface area (Å²) in [4.78, 5) is 6.60. The van der Waals surface area contributed by atoms with E-state index in [0.29, 0.717) is 23.6 Å². The van der Waals surface area contributed by atoms with Crippen LogP contribution in [0.15, 0.2) is 47.5 Å². The fourth-order valence-electron chi connectivity index (χ4n) is 3.33. The van der Waals surface area contributed by atoms with Gasteiger partial charge in [-0.3, -0.25) is 9.89 Å². The summed E-state index contributed by atoms with van der Waals surface area (Å²) in [5.74, 6) is 0.0317. The lowest BCUT2D eigenvalue weighted by Gasteiger charge is -2.21. The van der Waals surface area contributed by atoms with Crippen LogP contribution in [0.1, 0.15) is 36.1 Å². The first kappa shape index (κ1) is 24.8. The Morgan fingerprint density at radius 2 is 1.58 bits per heavy atom. The van der Waals surface area contributed by atoms with Crippen LogP contribution in [-0.2, 0) is 35.2 Å². The smallest absolute Gasteiger partial charge is 0.191 e. The highest BCUT2D eigenvalue weighted by Crippen LogP contribution is 2.15. The lowest BCUT2D eigenvalue weighted by molar-refractivity contribution is 0.295. The van der Waals surface area contributed by atoms with Gasteiger partial charge in [0, 0.05) is 32.9 Å². The van der Waals surface area contributed by atoms with E-state index in [-0.39, 0.29) is 12.3 Å². The molecule has 0 aromatic heterocycles. The van der Waals surface area contributed by atoms with E-state index in [9.17, 15) is 12.8 Å². The van der Waals surface area contributed by atoms with Crippen molar-refractivity contribution >= 4 is 15.8 Å². The topological polar surface area (TPSA) is 73.8 Å². The molecule has 0 aliphatic carbocycles. The first-order valence-electron chi connectivity index (χ1n) is 10.4. The number of halogens is 1. The van der Waals surface area contributed by atoms with E-state index in [1.165, 1.54) is 35.6 Å². The van der Waals surface area contributed by atoms with E-state index < -0.39 is 15.7 Å². The van der Waals surface area contributed by atoms with Crippen molar-refractivity contribution in [2.45, 2.75) is 39.2 Å². The number of guanidine groups is 1. The molecule has 2 aromatic carbocycles. The molecule has 0 aliphatic rings. The minimum absolute atomic E-state index is 0.130. The Labute approximate surface area is 185 Å². The average Bonchev–Trinajstić information content (AvgIpc) is 2.73. The van der Waals surface area contributed by atoms with Gasteiger partial charge in [0.25, 0.3) is 0 Å². The fraction of sp³-hybridized carbons (Fsp3) is 0.435. The van der Waals surface area contributed by atoms with Gasteiger partial charge in [-0.25, -0.2) is 12.8 Å². The molecule has 2 aromatic rings. The highest BCUT2D eigenvalue weighted by atomic mass is 32.2. The zero-order valence-electron chi connectivity index (χ0n) is 18.8. The number of nitrogens with zero attached hydrogens (tertiary/aromatic N) is 2. The summed E-state index contributed by atoms with van der Waals surface area (Å²) in [5, 5.41) is 6.46. The van der Waals surface area contributed by atoms with Gasteiger partial charge in [0.05, 0.1) is 5.75 Å². The Bertz CT molecular complexity index is 989. The number of aliphatic imine (C=N–C) groups is 1. The van der Waals surface area contributed by atoms with Crippen LogP contribution in [0.25, 0.3) is 0 Å². The summed E-state index contributed by atoms with van der Waals surface area (Å²) in [6, 6.07) is 12.5. The van der Waals surface area contributed by atoms with E-state index in [4.69, 9.17) is 0 Å². The molecule has 0 atom stereocenters. The second-order valence-corrected chi connectivity index (χ2v) is 9.63. The number of sulfone groups is 1. The van der Waals surface area contributed by atoms with Gasteiger partial charge in [-0.15, -0.1) is 0 Å². The van der Waals surface area contributed by atoms with Crippen LogP contribution in [0, 0.1) is 5.82 Å². The zero-order chi connectivity index (χ0) is 22.9. The van der Waals surface area contributed by atoms with Crippen molar-refractivity contribution in [3.63, 3.8) is 0 Å². The molecular weight excluding hydrogens is 415 g/mol. The van der Waals surface area contributed by atoms with E-state index in [0.717, 1.165) is 19.6 Å². The van der Waals surface area contributed by atoms with E-state index in [2.05, 4.69) is 46.5 Å². The summed E-state index contributed by atoms with van der Waals surface area (Å²) in [6.45, 7) is 8.03. The second kappa shape index (κ2) is 11.8. The summed E-state index contributed by atoms with van der Waals surface area (Å²) < 4.78 is 37.1. The third-order valence-corrected chi connectivity index (χ3v) is 5.94. The van der Waals surface area contributed by atoms with Crippen molar-refractivity contribution in [3.05, 3.63) is 70.5 Å². The maximum atomic E-state index is 13.7. The molecule has 0 fully saturated rings. The summed E-state index contributed by atoms with van der Waals surface area (Å²) in [5.41, 5.74) is 3.61. The minimum Gasteiger partial charge on any atom is -0.352 e.